The van der Waals surface area contributed by atoms with E-state index in [-0.39, 0.29) is 5.56 Å². The van der Waals surface area contributed by atoms with Gasteiger partial charge in [-0.05, 0) is 6.07 Å². The Hall–Kier alpha value is -2.54. The first-order valence-electron chi connectivity index (χ1n) is 7.35. The lowest BCUT2D eigenvalue weighted by molar-refractivity contribution is 0.122. The number of hydrogen-bond donors (Lipinski definition) is 1. The van der Waals surface area contributed by atoms with E-state index < -0.39 is 11.6 Å². The molecule has 0 amide bonds. The van der Waals surface area contributed by atoms with Crippen molar-refractivity contribution in [3.05, 3.63) is 42.4 Å². The number of benzene rings is 1. The Kier molecular flexibility index (Phi) is 3.42. The highest BCUT2D eigenvalue weighted by Gasteiger charge is 2.21. The summed E-state index contributed by atoms with van der Waals surface area (Å²) in [6.07, 6.45) is 3.11. The van der Waals surface area contributed by atoms with Gasteiger partial charge in [0.25, 0.3) is 0 Å². The van der Waals surface area contributed by atoms with Crippen molar-refractivity contribution in [2.75, 3.05) is 31.2 Å². The molecule has 1 N–H and O–H groups in total. The van der Waals surface area contributed by atoms with Gasteiger partial charge in [-0.1, -0.05) is 12.1 Å². The highest BCUT2D eigenvalue weighted by molar-refractivity contribution is 6.01. The molecule has 1 aliphatic heterocycles. The molecule has 118 valence electrons. The Labute approximate surface area is 130 Å². The van der Waals surface area contributed by atoms with E-state index in [1.807, 2.05) is 0 Å². The molecule has 0 unspecified atom stereocenters. The number of H-pyrrole nitrogens is 1. The van der Waals surface area contributed by atoms with Crippen molar-refractivity contribution < 1.29 is 13.5 Å². The Balaban J connectivity index is 1.92. The van der Waals surface area contributed by atoms with Crippen molar-refractivity contribution in [3.63, 3.8) is 0 Å². The fourth-order valence-electron chi connectivity index (χ4n) is 2.89. The van der Waals surface area contributed by atoms with E-state index in [1.54, 1.807) is 12.3 Å². The fraction of sp³-hybridized carbons (Fsp3) is 0.250. The van der Waals surface area contributed by atoms with Crippen LogP contribution in [0.4, 0.5) is 14.6 Å². The zero-order valence-electron chi connectivity index (χ0n) is 12.2. The molecule has 1 saturated heterocycles. The number of halogens is 2. The van der Waals surface area contributed by atoms with Crippen molar-refractivity contribution in [1.82, 2.24) is 15.0 Å². The molecule has 0 aliphatic carbocycles. The van der Waals surface area contributed by atoms with Gasteiger partial charge in [-0.3, -0.25) is 0 Å². The topological polar surface area (TPSA) is 54.0 Å². The summed E-state index contributed by atoms with van der Waals surface area (Å²) in [6.45, 7) is 2.61. The minimum Gasteiger partial charge on any atom is -0.378 e. The molecule has 23 heavy (non-hydrogen) atoms. The van der Waals surface area contributed by atoms with Crippen LogP contribution in [-0.2, 0) is 4.74 Å². The summed E-state index contributed by atoms with van der Waals surface area (Å²) in [5, 5.41) is 0.693. The Morgan fingerprint density at radius 1 is 1.09 bits per heavy atom. The summed E-state index contributed by atoms with van der Waals surface area (Å²) in [5.41, 5.74) is 1.35. The lowest BCUT2D eigenvalue weighted by Gasteiger charge is -2.28. The molecule has 2 aromatic heterocycles. The van der Waals surface area contributed by atoms with Crippen LogP contribution < -0.4 is 4.90 Å². The van der Waals surface area contributed by atoms with Gasteiger partial charge in [0.15, 0.2) is 11.6 Å². The largest absolute Gasteiger partial charge is 0.378 e. The van der Waals surface area contributed by atoms with Crippen LogP contribution in [0.3, 0.4) is 0 Å². The molecule has 1 fully saturated rings. The highest BCUT2D eigenvalue weighted by Crippen LogP contribution is 2.35. The second-order valence-electron chi connectivity index (χ2n) is 5.32. The molecule has 3 heterocycles. The van der Waals surface area contributed by atoms with Gasteiger partial charge in [-0.25, -0.2) is 18.7 Å². The van der Waals surface area contributed by atoms with Crippen molar-refractivity contribution in [2.45, 2.75) is 0 Å². The van der Waals surface area contributed by atoms with Crippen molar-refractivity contribution in [2.24, 2.45) is 0 Å². The number of aromatic amines is 1. The summed E-state index contributed by atoms with van der Waals surface area (Å²) in [4.78, 5) is 13.6. The molecule has 5 nitrogen and oxygen atoms in total. The van der Waals surface area contributed by atoms with Crippen LogP contribution in [0.1, 0.15) is 0 Å². The number of nitrogens with one attached hydrogen (secondary N) is 1. The van der Waals surface area contributed by atoms with Gasteiger partial charge < -0.3 is 14.6 Å². The normalized spacial score (nSPS) is 15.3. The minimum atomic E-state index is -0.873. The predicted molar refractivity (Wildman–Crippen MR) is 82.3 cm³/mol. The van der Waals surface area contributed by atoms with E-state index in [0.29, 0.717) is 48.7 Å². The molecule has 7 heteroatoms. The standard InChI is InChI=1S/C16H14F2N4O/c17-12-3-1-2-10(14(12)18)11-8-19-15-13(11)16(21-9-20-15)22-4-6-23-7-5-22/h1-3,8-9H,4-7H2,(H,19,20,21). The number of hydrogen-bond acceptors (Lipinski definition) is 4. The van der Waals surface area contributed by atoms with Gasteiger partial charge >= 0.3 is 0 Å². The number of morpholine rings is 1. The molecule has 0 saturated carbocycles. The maximum atomic E-state index is 14.2. The van der Waals surface area contributed by atoms with Crippen LogP contribution in [0.15, 0.2) is 30.7 Å². The zero-order chi connectivity index (χ0) is 15.8. The molecule has 0 radical (unpaired) electrons. The van der Waals surface area contributed by atoms with Gasteiger partial charge in [0, 0.05) is 30.4 Å². The number of ether oxygens (including phenoxy) is 1. The van der Waals surface area contributed by atoms with E-state index in [0.717, 1.165) is 6.07 Å². The number of anilines is 1. The minimum absolute atomic E-state index is 0.195. The predicted octanol–water partition coefficient (Wildman–Crippen LogP) is 2.74. The highest BCUT2D eigenvalue weighted by atomic mass is 19.2. The molecule has 0 bridgehead atoms. The maximum Gasteiger partial charge on any atom is 0.166 e. The Bertz CT molecular complexity index is 858. The summed E-state index contributed by atoms with van der Waals surface area (Å²) in [7, 11) is 0. The third-order valence-corrected chi connectivity index (χ3v) is 4.00. The summed E-state index contributed by atoms with van der Waals surface area (Å²) < 4.78 is 33.1. The summed E-state index contributed by atoms with van der Waals surface area (Å²) >= 11 is 0. The van der Waals surface area contributed by atoms with Crippen LogP contribution in [0, 0.1) is 11.6 Å². The molecule has 0 atom stereocenters. The number of rotatable bonds is 2. The van der Waals surface area contributed by atoms with Gasteiger partial charge in [0.1, 0.15) is 17.8 Å². The van der Waals surface area contributed by atoms with Gasteiger partial charge in [0.05, 0.1) is 18.6 Å². The maximum absolute atomic E-state index is 14.2. The molecular formula is C16H14F2N4O. The first-order chi connectivity index (χ1) is 11.3. The van der Waals surface area contributed by atoms with Gasteiger partial charge in [-0.2, -0.15) is 0 Å². The number of nitrogens with zero attached hydrogens (tertiary/aromatic N) is 3. The van der Waals surface area contributed by atoms with E-state index in [1.165, 1.54) is 12.4 Å². The third kappa shape index (κ3) is 2.33. The molecule has 0 spiro atoms. The van der Waals surface area contributed by atoms with E-state index >= 15 is 0 Å². The fourth-order valence-corrected chi connectivity index (χ4v) is 2.89. The van der Waals surface area contributed by atoms with Crippen molar-refractivity contribution in [3.8, 4) is 11.1 Å². The summed E-state index contributed by atoms with van der Waals surface area (Å²) in [5.74, 6) is -1.04. The third-order valence-electron chi connectivity index (χ3n) is 4.00. The smallest absolute Gasteiger partial charge is 0.166 e. The lowest BCUT2D eigenvalue weighted by Crippen LogP contribution is -2.36. The van der Waals surface area contributed by atoms with Crippen LogP contribution in [0.2, 0.25) is 0 Å². The molecular weight excluding hydrogens is 302 g/mol. The monoisotopic (exact) mass is 316 g/mol. The SMILES string of the molecule is Fc1cccc(-c2c[nH]c3ncnc(N4CCOCC4)c23)c1F. The summed E-state index contributed by atoms with van der Waals surface area (Å²) in [6, 6.07) is 4.15. The van der Waals surface area contributed by atoms with E-state index in [4.69, 9.17) is 4.74 Å². The van der Waals surface area contributed by atoms with Gasteiger partial charge in [-0.15, -0.1) is 0 Å². The average Bonchev–Trinajstić information content (AvgIpc) is 3.02. The second kappa shape index (κ2) is 5.58. The molecule has 3 aromatic rings. The van der Waals surface area contributed by atoms with Crippen LogP contribution in [0.5, 0.6) is 0 Å². The zero-order valence-corrected chi connectivity index (χ0v) is 12.2. The van der Waals surface area contributed by atoms with Crippen molar-refractivity contribution >= 4 is 16.9 Å². The van der Waals surface area contributed by atoms with Crippen LogP contribution in [0.25, 0.3) is 22.2 Å². The molecule has 1 aliphatic rings. The van der Waals surface area contributed by atoms with E-state index in [9.17, 15) is 8.78 Å². The second-order valence-corrected chi connectivity index (χ2v) is 5.32. The first kappa shape index (κ1) is 14.1. The number of aromatic nitrogens is 3. The lowest BCUT2D eigenvalue weighted by atomic mass is 10.0. The quantitative estimate of drug-likeness (QED) is 0.790. The Morgan fingerprint density at radius 3 is 2.74 bits per heavy atom. The molecule has 4 rings (SSSR count). The van der Waals surface area contributed by atoms with Crippen molar-refractivity contribution in [1.29, 1.82) is 0 Å². The average molecular weight is 316 g/mol. The van der Waals surface area contributed by atoms with E-state index in [2.05, 4.69) is 19.9 Å². The Morgan fingerprint density at radius 2 is 1.91 bits per heavy atom. The van der Waals surface area contributed by atoms with Crippen LogP contribution >= 0.6 is 0 Å². The first-order valence-corrected chi connectivity index (χ1v) is 7.35. The van der Waals surface area contributed by atoms with Crippen LogP contribution in [-0.4, -0.2) is 41.3 Å². The van der Waals surface area contributed by atoms with Gasteiger partial charge in [0.2, 0.25) is 0 Å². The molecule has 1 aromatic carbocycles. The number of fused-ring (bicyclic) bond motifs is 1.